The van der Waals surface area contributed by atoms with Crippen LogP contribution in [0.3, 0.4) is 0 Å². The molecular weight excluding hydrogens is 1740 g/mol. The summed E-state index contributed by atoms with van der Waals surface area (Å²) >= 11 is 31.9. The molecule has 1 nitrogen and oxygen atoms in total. The number of halogens is 13. The van der Waals surface area contributed by atoms with E-state index in [2.05, 4.69) is 294 Å². The molecule has 0 rings (SSSR count). The van der Waals surface area contributed by atoms with Gasteiger partial charge in [-0.05, 0) is 45.2 Å². The zero-order chi connectivity index (χ0) is 17.0. The molecule has 20 heavy (non-hydrogen) atoms. The largest absolute Gasteiger partial charge is 0.369 e. The van der Waals surface area contributed by atoms with E-state index in [1.54, 1.807) is 0 Å². The van der Waals surface area contributed by atoms with Gasteiger partial charge in [0.05, 0.1) is 5.41 Å². The summed E-state index contributed by atoms with van der Waals surface area (Å²) in [4.78, 5) is 0. The molecule has 0 atom stereocenters. The Hall–Kier alpha value is 9.45. The third-order valence-electron chi connectivity index (χ3n) is 2.12. The Kier molecular flexibility index (Phi) is 15.3. The minimum absolute atomic E-state index is 0.0971. The summed E-state index contributed by atoms with van der Waals surface area (Å²) in [5.74, 6) is 0. The maximum Gasteiger partial charge on any atom is 0.191 e. The van der Waals surface area contributed by atoms with Crippen LogP contribution < -0.4 is 0 Å². The van der Waals surface area contributed by atoms with E-state index in [-0.39, 0.29) is 3.72 Å². The second-order valence-electron chi connectivity index (χ2n) is 3.36. The van der Waals surface area contributed by atoms with Crippen molar-refractivity contribution in [2.45, 2.75) is 1.35 Å². The third kappa shape index (κ3) is 6.48. The van der Waals surface area contributed by atoms with Gasteiger partial charge in [-0.1, -0.05) is 248 Å². The zero-order valence-corrected chi connectivity index (χ0v) is 36.4. The highest BCUT2D eigenvalue weighted by atomic mass is 127. The van der Waals surface area contributed by atoms with Gasteiger partial charge in [0.25, 0.3) is 0 Å². The van der Waals surface area contributed by atoms with Crippen LogP contribution in [-0.4, -0.2) is 6.46 Å². The van der Waals surface area contributed by atoms with Crippen LogP contribution in [0, 0.1) is 5.41 Å². The summed E-state index contributed by atoms with van der Waals surface area (Å²) in [6.07, 6.45) is 0. The minimum atomic E-state index is -0.879. The average molecular weight is 1740 g/mol. The molecule has 14 heteroatoms. The fraction of sp³-hybridized carbons (Fsp3) is 1.00. The topological polar surface area (TPSA) is 20.2 Å². The molecule has 122 valence electrons. The third-order valence-corrected chi connectivity index (χ3v) is 18.3. The number of rotatable bonds is 5. The minimum Gasteiger partial charge on any atom is -0.369 e. The molecule has 0 aromatic rings. The van der Waals surface area contributed by atoms with E-state index >= 15 is 0 Å². The van der Waals surface area contributed by atoms with Crippen molar-refractivity contribution in [1.82, 2.24) is 0 Å². The van der Waals surface area contributed by atoms with E-state index in [9.17, 15) is 5.11 Å². The Labute approximate surface area is 296 Å². The van der Waals surface area contributed by atoms with Gasteiger partial charge in [0.15, 0.2) is 1.61 Å². The number of hydrogen-bond acceptors (Lipinski definition) is 1. The van der Waals surface area contributed by atoms with Gasteiger partial charge in [-0.2, -0.15) is 0 Å². The first-order chi connectivity index (χ1) is 8.25. The molecule has 1 N–H and O–H groups in total. The Bertz CT molecular complexity index is 315. The summed E-state index contributed by atoms with van der Waals surface area (Å²) in [6, 6.07) is 0. The van der Waals surface area contributed by atoms with Crippen molar-refractivity contribution in [2.24, 2.45) is 5.41 Å². The standard InChI is InChI=1S/C6HI13O/c7-2(8,6(18,19)20)1(3(9,10)11,4(12,13)14)5(15,16)17/h20H. The Morgan fingerprint density at radius 1 is 0.450 bits per heavy atom. The van der Waals surface area contributed by atoms with Crippen molar-refractivity contribution in [3.8, 4) is 0 Å². The van der Waals surface area contributed by atoms with Gasteiger partial charge in [0.1, 0.15) is -0.266 Å². The van der Waals surface area contributed by atoms with Gasteiger partial charge in [-0.3, -0.25) is 0 Å². The summed E-state index contributed by atoms with van der Waals surface area (Å²) in [5.41, 5.74) is -0.219. The van der Waals surface area contributed by atoms with Crippen LogP contribution in [-0.2, 0) is 0 Å². The SMILES string of the molecule is OC(I)(I)C(I)(I)C(C(I)(I)I)(C(I)(I)I)C(I)(I)I. The molecule has 0 saturated heterocycles. The van der Waals surface area contributed by atoms with Gasteiger partial charge in [-0.25, -0.2) is 0 Å². The normalized spacial score (nSPS) is 16.5. The average Bonchev–Trinajstić information content (AvgIpc) is 1.89. The predicted molar refractivity (Wildman–Crippen MR) is 201 cm³/mol. The van der Waals surface area contributed by atoms with Crippen LogP contribution in [0.1, 0.15) is 0 Å². The lowest BCUT2D eigenvalue weighted by Crippen LogP contribution is -2.67. The molecule has 0 heterocycles. The fourth-order valence-corrected chi connectivity index (χ4v) is 38.6. The molecule has 0 aliphatic rings. The van der Waals surface area contributed by atoms with Gasteiger partial charge in [-0.15, -0.1) is 0 Å². The maximum absolute atomic E-state index is 10.9. The smallest absolute Gasteiger partial charge is 0.191 e. The number of hydrogen-bond donors (Lipinski definition) is 1. The van der Waals surface area contributed by atoms with E-state index in [1.165, 1.54) is 0 Å². The molecule has 0 spiro atoms. The zero-order valence-electron chi connectivity index (χ0n) is 8.36. The first-order valence-corrected chi connectivity index (χ1v) is 18.0. The summed E-state index contributed by atoms with van der Waals surface area (Å²) < 4.78 is -1.57. The molecule has 0 saturated carbocycles. The number of aliphatic hydroxyl groups is 1. The van der Waals surface area contributed by atoms with Crippen molar-refractivity contribution < 1.29 is 5.11 Å². The predicted octanol–water partition coefficient (Wildman–Crippen LogP) is 9.93. The van der Waals surface area contributed by atoms with E-state index in [0.717, 1.165) is 0 Å². The van der Waals surface area contributed by atoms with E-state index in [4.69, 9.17) is 0 Å². The van der Waals surface area contributed by atoms with Gasteiger partial charge < -0.3 is 5.11 Å². The van der Waals surface area contributed by atoms with Crippen LogP contribution in [0.5, 0.6) is 0 Å². The lowest BCUT2D eigenvalue weighted by molar-refractivity contribution is 0.206. The van der Waals surface area contributed by atoms with E-state index in [1.807, 2.05) is 0 Å². The van der Waals surface area contributed by atoms with Crippen LogP contribution in [0.4, 0.5) is 0 Å². The van der Waals surface area contributed by atoms with Crippen molar-refractivity contribution in [3.63, 3.8) is 0 Å². The van der Waals surface area contributed by atoms with Crippen LogP contribution in [0.2, 0.25) is 0 Å². The molecule has 0 aromatic carbocycles. The molecular formula is C6HI13O. The molecule has 0 aliphatic carbocycles. The van der Waals surface area contributed by atoms with Crippen molar-refractivity contribution in [1.29, 1.82) is 0 Å². The lowest BCUT2D eigenvalue weighted by atomic mass is 9.92. The van der Waals surface area contributed by atoms with Crippen molar-refractivity contribution in [3.05, 3.63) is 0 Å². The molecule has 0 bridgehead atoms. The molecule has 0 radical (unpaired) electrons. The highest BCUT2D eigenvalue weighted by Crippen LogP contribution is 2.82. The molecule has 0 aliphatic heterocycles. The molecule has 0 fully saturated rings. The highest BCUT2D eigenvalue weighted by Gasteiger charge is 2.78. The second-order valence-corrected chi connectivity index (χ2v) is 47.0. The van der Waals surface area contributed by atoms with E-state index < -0.39 is 3.04 Å². The summed E-state index contributed by atoms with van der Waals surface area (Å²) in [5, 5.41) is 10.9. The number of alkyl halides is 13. The Morgan fingerprint density at radius 3 is 0.700 bits per heavy atom. The lowest BCUT2D eigenvalue weighted by Gasteiger charge is -2.60. The summed E-state index contributed by atoms with van der Waals surface area (Å²) in [6.45, 7) is 0. The van der Waals surface area contributed by atoms with E-state index in [0.29, 0.717) is 0 Å². The Morgan fingerprint density at radius 2 is 0.650 bits per heavy atom. The fourth-order valence-electron chi connectivity index (χ4n) is 1.24. The summed E-state index contributed by atoms with van der Waals surface area (Å²) in [7, 11) is 0. The molecule has 0 aromatic heterocycles. The maximum atomic E-state index is 10.9. The first-order valence-electron chi connectivity index (χ1n) is 3.93. The highest BCUT2D eigenvalue weighted by molar-refractivity contribution is 14.3. The molecule has 0 unspecified atom stereocenters. The van der Waals surface area contributed by atoms with Crippen LogP contribution in [0.25, 0.3) is 0 Å². The first kappa shape index (κ1) is 29.5. The van der Waals surface area contributed by atoms with Gasteiger partial charge in [0, 0.05) is 0 Å². The van der Waals surface area contributed by atoms with Gasteiger partial charge >= 0.3 is 0 Å². The van der Waals surface area contributed by atoms with Crippen molar-refractivity contribution >= 4 is 294 Å². The quantitative estimate of drug-likeness (QED) is 0.215. The van der Waals surface area contributed by atoms with Crippen molar-refractivity contribution in [2.75, 3.05) is 0 Å². The van der Waals surface area contributed by atoms with Gasteiger partial charge in [0.2, 0.25) is 0 Å². The Balaban J connectivity index is 6.83. The second kappa shape index (κ2) is 10.4. The van der Waals surface area contributed by atoms with Crippen LogP contribution >= 0.6 is 294 Å². The molecule has 0 amide bonds. The monoisotopic (exact) mass is 1740 g/mol. The van der Waals surface area contributed by atoms with Crippen LogP contribution in [0.15, 0.2) is 0 Å².